The van der Waals surface area contributed by atoms with Gasteiger partial charge in [0.2, 0.25) is 0 Å². The summed E-state index contributed by atoms with van der Waals surface area (Å²) in [6.45, 7) is 3.24. The Labute approximate surface area is 111 Å². The van der Waals surface area contributed by atoms with Crippen LogP contribution in [-0.4, -0.2) is 43.2 Å². The third-order valence-corrected chi connectivity index (χ3v) is 3.85. The van der Waals surface area contributed by atoms with Crippen LogP contribution in [0, 0.1) is 0 Å². The number of rotatable bonds is 6. The molecule has 1 atom stereocenters. The van der Waals surface area contributed by atoms with E-state index in [1.54, 1.807) is 7.11 Å². The molecule has 1 fully saturated rings. The van der Waals surface area contributed by atoms with Crippen LogP contribution >= 0.6 is 0 Å². The fourth-order valence-electron chi connectivity index (χ4n) is 2.64. The number of hydrogen-bond acceptors (Lipinski definition) is 3. The van der Waals surface area contributed by atoms with Gasteiger partial charge in [0.1, 0.15) is 6.10 Å². The van der Waals surface area contributed by atoms with Crippen LogP contribution in [-0.2, 0) is 9.53 Å². The van der Waals surface area contributed by atoms with Gasteiger partial charge < -0.3 is 15.4 Å². The number of ether oxygens (including phenoxy) is 1. The van der Waals surface area contributed by atoms with Gasteiger partial charge in [-0.15, -0.1) is 0 Å². The molecule has 4 heteroatoms. The van der Waals surface area contributed by atoms with Gasteiger partial charge in [-0.3, -0.25) is 4.79 Å². The van der Waals surface area contributed by atoms with E-state index in [9.17, 15) is 4.79 Å². The summed E-state index contributed by atoms with van der Waals surface area (Å²) in [5, 5.41) is 0. The number of hydrogen-bond donors (Lipinski definition) is 1. The van der Waals surface area contributed by atoms with Crippen molar-refractivity contribution >= 4 is 5.91 Å². The summed E-state index contributed by atoms with van der Waals surface area (Å²) in [4.78, 5) is 14.4. The van der Waals surface area contributed by atoms with Crippen LogP contribution in [0.2, 0.25) is 0 Å². The first kappa shape index (κ1) is 15.4. The molecular weight excluding hydrogens is 228 g/mol. The molecule has 1 aliphatic carbocycles. The molecule has 1 rings (SSSR count). The molecule has 0 bridgehead atoms. The van der Waals surface area contributed by atoms with Gasteiger partial charge in [-0.1, -0.05) is 25.7 Å². The summed E-state index contributed by atoms with van der Waals surface area (Å²) in [6, 6.07) is 0.393. The molecule has 106 valence electrons. The minimum absolute atomic E-state index is 0.123. The van der Waals surface area contributed by atoms with Crippen molar-refractivity contribution in [1.29, 1.82) is 0 Å². The van der Waals surface area contributed by atoms with Gasteiger partial charge in [-0.25, -0.2) is 0 Å². The van der Waals surface area contributed by atoms with Crippen LogP contribution in [0.3, 0.4) is 0 Å². The molecule has 4 nitrogen and oxygen atoms in total. The number of carbonyl (C=O) groups excluding carboxylic acids is 1. The number of nitrogens with zero attached hydrogens (tertiary/aromatic N) is 1. The summed E-state index contributed by atoms with van der Waals surface area (Å²) < 4.78 is 5.17. The lowest BCUT2D eigenvalue weighted by Crippen LogP contribution is -2.46. The predicted octanol–water partition coefficient (Wildman–Crippen LogP) is 1.92. The smallest absolute Gasteiger partial charge is 0.251 e. The fourth-order valence-corrected chi connectivity index (χ4v) is 2.64. The highest BCUT2D eigenvalue weighted by Gasteiger charge is 2.27. The zero-order valence-electron chi connectivity index (χ0n) is 11.9. The first-order valence-electron chi connectivity index (χ1n) is 7.24. The van der Waals surface area contributed by atoms with E-state index in [0.717, 1.165) is 25.8 Å². The maximum absolute atomic E-state index is 12.4. The third-order valence-electron chi connectivity index (χ3n) is 3.85. The van der Waals surface area contributed by atoms with E-state index in [-0.39, 0.29) is 12.0 Å². The lowest BCUT2D eigenvalue weighted by atomic mass is 10.1. The van der Waals surface area contributed by atoms with Crippen molar-refractivity contribution in [2.24, 2.45) is 5.73 Å². The van der Waals surface area contributed by atoms with Gasteiger partial charge in [-0.05, 0) is 32.7 Å². The van der Waals surface area contributed by atoms with Crippen LogP contribution in [0.1, 0.15) is 51.9 Å². The van der Waals surface area contributed by atoms with Gasteiger partial charge in [0, 0.05) is 19.7 Å². The van der Waals surface area contributed by atoms with Crippen molar-refractivity contribution < 1.29 is 9.53 Å². The average Bonchev–Trinajstić information content (AvgIpc) is 2.67. The molecule has 0 aliphatic heterocycles. The third kappa shape index (κ3) is 4.58. The van der Waals surface area contributed by atoms with Gasteiger partial charge in [0.15, 0.2) is 0 Å². The van der Waals surface area contributed by atoms with Crippen LogP contribution in [0.15, 0.2) is 0 Å². The van der Waals surface area contributed by atoms with Gasteiger partial charge in [0.05, 0.1) is 0 Å². The highest BCUT2D eigenvalue weighted by molar-refractivity contribution is 5.80. The Balaban J connectivity index is 2.65. The Hall–Kier alpha value is -0.610. The fraction of sp³-hybridized carbons (Fsp3) is 0.929. The topological polar surface area (TPSA) is 55.6 Å². The zero-order chi connectivity index (χ0) is 13.4. The highest BCUT2D eigenvalue weighted by atomic mass is 16.5. The van der Waals surface area contributed by atoms with Crippen molar-refractivity contribution in [3.05, 3.63) is 0 Å². The first-order chi connectivity index (χ1) is 8.70. The molecule has 1 aliphatic rings. The minimum atomic E-state index is -0.342. The van der Waals surface area contributed by atoms with Gasteiger partial charge in [-0.2, -0.15) is 0 Å². The minimum Gasteiger partial charge on any atom is -0.372 e. The van der Waals surface area contributed by atoms with Crippen molar-refractivity contribution in [3.8, 4) is 0 Å². The molecule has 0 heterocycles. The number of methoxy groups -OCH3 is 1. The van der Waals surface area contributed by atoms with E-state index < -0.39 is 0 Å². The molecule has 18 heavy (non-hydrogen) atoms. The maximum atomic E-state index is 12.4. The Kier molecular flexibility index (Phi) is 7.28. The molecule has 0 saturated heterocycles. The molecule has 1 amide bonds. The van der Waals surface area contributed by atoms with Crippen LogP contribution in [0.4, 0.5) is 0 Å². The van der Waals surface area contributed by atoms with Crippen molar-refractivity contribution in [3.63, 3.8) is 0 Å². The number of nitrogens with two attached hydrogens (primary N) is 1. The molecular formula is C14H28N2O2. The molecule has 1 unspecified atom stereocenters. The van der Waals surface area contributed by atoms with Gasteiger partial charge in [0.25, 0.3) is 5.91 Å². The molecule has 1 saturated carbocycles. The van der Waals surface area contributed by atoms with E-state index in [2.05, 4.69) is 0 Å². The molecule has 2 N–H and O–H groups in total. The van der Waals surface area contributed by atoms with Crippen LogP contribution in [0.5, 0.6) is 0 Å². The van der Waals surface area contributed by atoms with E-state index in [1.165, 1.54) is 25.7 Å². The summed E-state index contributed by atoms with van der Waals surface area (Å²) in [6.07, 6.45) is 7.87. The molecule has 0 spiro atoms. The van der Waals surface area contributed by atoms with E-state index in [0.29, 0.717) is 12.6 Å². The second-order valence-electron chi connectivity index (χ2n) is 5.20. The summed E-state index contributed by atoms with van der Waals surface area (Å²) in [5.41, 5.74) is 5.58. The van der Waals surface area contributed by atoms with Crippen molar-refractivity contribution in [2.75, 3.05) is 20.2 Å². The predicted molar refractivity (Wildman–Crippen MR) is 73.3 cm³/mol. The standard InChI is InChI=1S/C14H28N2O2/c1-12(18-2)14(17)16(11-7-10-15)13-8-5-3-4-6-9-13/h12-13H,3-11,15H2,1-2H3. The molecule has 0 radical (unpaired) electrons. The normalized spacial score (nSPS) is 19.3. The van der Waals surface area contributed by atoms with E-state index in [4.69, 9.17) is 10.5 Å². The Morgan fingerprint density at radius 1 is 1.33 bits per heavy atom. The van der Waals surface area contributed by atoms with Crippen LogP contribution in [0.25, 0.3) is 0 Å². The van der Waals surface area contributed by atoms with Crippen molar-refractivity contribution in [2.45, 2.75) is 64.0 Å². The quantitative estimate of drug-likeness (QED) is 0.739. The Morgan fingerprint density at radius 3 is 2.44 bits per heavy atom. The molecule has 0 aromatic heterocycles. The second-order valence-corrected chi connectivity index (χ2v) is 5.20. The second kappa shape index (κ2) is 8.48. The highest BCUT2D eigenvalue weighted by Crippen LogP contribution is 2.23. The molecule has 0 aromatic carbocycles. The lowest BCUT2D eigenvalue weighted by Gasteiger charge is -2.33. The number of amides is 1. The largest absolute Gasteiger partial charge is 0.372 e. The molecule has 0 aromatic rings. The Morgan fingerprint density at radius 2 is 1.94 bits per heavy atom. The summed E-state index contributed by atoms with van der Waals surface area (Å²) >= 11 is 0. The zero-order valence-corrected chi connectivity index (χ0v) is 11.9. The average molecular weight is 256 g/mol. The maximum Gasteiger partial charge on any atom is 0.251 e. The summed E-state index contributed by atoms with van der Waals surface area (Å²) in [7, 11) is 1.59. The first-order valence-corrected chi connectivity index (χ1v) is 7.24. The Bertz CT molecular complexity index is 238. The summed E-state index contributed by atoms with van der Waals surface area (Å²) in [5.74, 6) is 0.123. The number of carbonyl (C=O) groups is 1. The van der Waals surface area contributed by atoms with Crippen LogP contribution < -0.4 is 5.73 Å². The van der Waals surface area contributed by atoms with E-state index in [1.807, 2.05) is 11.8 Å². The van der Waals surface area contributed by atoms with Crippen molar-refractivity contribution in [1.82, 2.24) is 4.90 Å². The lowest BCUT2D eigenvalue weighted by molar-refractivity contribution is -0.143. The van der Waals surface area contributed by atoms with Gasteiger partial charge >= 0.3 is 0 Å². The van der Waals surface area contributed by atoms with E-state index >= 15 is 0 Å². The monoisotopic (exact) mass is 256 g/mol. The SMILES string of the molecule is COC(C)C(=O)N(CCCN)C1CCCCCC1.